The Bertz CT molecular complexity index is 815. The summed E-state index contributed by atoms with van der Waals surface area (Å²) in [6, 6.07) is 5.74. The zero-order chi connectivity index (χ0) is 20.6. The van der Waals surface area contributed by atoms with Gasteiger partial charge in [-0.05, 0) is 37.6 Å². The van der Waals surface area contributed by atoms with Gasteiger partial charge in [0, 0.05) is 45.1 Å². The van der Waals surface area contributed by atoms with Gasteiger partial charge in [-0.3, -0.25) is 19.3 Å². The summed E-state index contributed by atoms with van der Waals surface area (Å²) in [7, 11) is 2.01. The van der Waals surface area contributed by atoms with Gasteiger partial charge in [0.05, 0.1) is 5.41 Å². The third-order valence-corrected chi connectivity index (χ3v) is 6.73. The number of piperazine rings is 1. The molecule has 0 unspecified atom stereocenters. The van der Waals surface area contributed by atoms with Crippen LogP contribution in [-0.4, -0.2) is 71.7 Å². The maximum absolute atomic E-state index is 14.0. The highest BCUT2D eigenvalue weighted by Gasteiger charge is 2.56. The molecule has 156 valence electrons. The first-order chi connectivity index (χ1) is 13.9. The third kappa shape index (κ3) is 3.68. The maximum Gasteiger partial charge on any atom is 0.241 e. The van der Waals surface area contributed by atoms with Crippen LogP contribution in [-0.2, 0) is 19.8 Å². The molecule has 2 saturated heterocycles. The highest BCUT2D eigenvalue weighted by atomic mass is 19.1. The molecular formula is C22H28FN3O3. The first-order valence-corrected chi connectivity index (χ1v) is 10.5. The zero-order valence-corrected chi connectivity index (χ0v) is 16.9. The van der Waals surface area contributed by atoms with Crippen LogP contribution in [0.15, 0.2) is 24.3 Å². The fourth-order valence-corrected chi connectivity index (χ4v) is 4.97. The highest BCUT2D eigenvalue weighted by molar-refractivity contribution is 6.11. The van der Waals surface area contributed by atoms with E-state index in [2.05, 4.69) is 4.90 Å². The molecule has 1 aliphatic carbocycles. The molecule has 0 radical (unpaired) electrons. The zero-order valence-electron chi connectivity index (χ0n) is 16.9. The molecule has 0 spiro atoms. The van der Waals surface area contributed by atoms with E-state index in [0.29, 0.717) is 18.7 Å². The van der Waals surface area contributed by atoms with Crippen LogP contribution < -0.4 is 0 Å². The molecular weight excluding hydrogens is 373 g/mol. The molecule has 1 saturated carbocycles. The van der Waals surface area contributed by atoms with Crippen molar-refractivity contribution in [1.82, 2.24) is 14.7 Å². The van der Waals surface area contributed by atoms with Gasteiger partial charge in [0.1, 0.15) is 5.82 Å². The topological polar surface area (TPSA) is 60.9 Å². The van der Waals surface area contributed by atoms with Crippen molar-refractivity contribution in [3.63, 3.8) is 0 Å². The van der Waals surface area contributed by atoms with Crippen molar-refractivity contribution in [1.29, 1.82) is 0 Å². The Morgan fingerprint density at radius 2 is 1.83 bits per heavy atom. The number of likely N-dealkylation sites (N-methyl/N-ethyl adjacent to an activating group) is 1. The average Bonchev–Trinajstić information content (AvgIpc) is 3.29. The summed E-state index contributed by atoms with van der Waals surface area (Å²) in [5.41, 5.74) is -0.874. The Morgan fingerprint density at radius 1 is 1.14 bits per heavy atom. The van der Waals surface area contributed by atoms with Gasteiger partial charge in [-0.1, -0.05) is 25.0 Å². The van der Waals surface area contributed by atoms with E-state index in [1.54, 1.807) is 17.0 Å². The molecule has 0 N–H and O–H groups in total. The number of amides is 3. The quantitative estimate of drug-likeness (QED) is 0.724. The van der Waals surface area contributed by atoms with Crippen LogP contribution >= 0.6 is 0 Å². The molecule has 2 heterocycles. The molecule has 7 heteroatoms. The number of nitrogens with zero attached hydrogens (tertiary/aromatic N) is 3. The predicted molar refractivity (Wildman–Crippen MR) is 105 cm³/mol. The molecule has 1 aromatic rings. The summed E-state index contributed by atoms with van der Waals surface area (Å²) in [6.07, 6.45) is 3.45. The molecule has 6 nitrogen and oxygen atoms in total. The second kappa shape index (κ2) is 7.86. The minimum Gasteiger partial charge on any atom is -0.340 e. The van der Waals surface area contributed by atoms with Crippen molar-refractivity contribution in [2.24, 2.45) is 0 Å². The lowest BCUT2D eigenvalue weighted by Crippen LogP contribution is -2.50. The Kier molecular flexibility index (Phi) is 5.42. The van der Waals surface area contributed by atoms with Gasteiger partial charge >= 0.3 is 0 Å². The number of likely N-dealkylation sites (tertiary alicyclic amines) is 1. The SMILES string of the molecule is CN1CCN(C(=O)C[C@]2(c3cccc(F)c3)CC(=O)N(C3CCCC3)C2=O)CC1. The monoisotopic (exact) mass is 401 g/mol. The first-order valence-electron chi connectivity index (χ1n) is 10.5. The van der Waals surface area contributed by atoms with Crippen molar-refractivity contribution in [3.8, 4) is 0 Å². The third-order valence-electron chi connectivity index (χ3n) is 6.73. The van der Waals surface area contributed by atoms with Gasteiger partial charge in [0.2, 0.25) is 17.7 Å². The van der Waals surface area contributed by atoms with Crippen molar-refractivity contribution in [3.05, 3.63) is 35.6 Å². The summed E-state index contributed by atoms with van der Waals surface area (Å²) >= 11 is 0. The van der Waals surface area contributed by atoms with Crippen molar-refractivity contribution < 1.29 is 18.8 Å². The fourth-order valence-electron chi connectivity index (χ4n) is 4.97. The van der Waals surface area contributed by atoms with Crippen LogP contribution in [0.25, 0.3) is 0 Å². The van der Waals surface area contributed by atoms with Crippen LogP contribution in [0.3, 0.4) is 0 Å². The smallest absolute Gasteiger partial charge is 0.241 e. The molecule has 29 heavy (non-hydrogen) atoms. The Hall–Kier alpha value is -2.28. The van der Waals surface area contributed by atoms with Gasteiger partial charge in [-0.15, -0.1) is 0 Å². The van der Waals surface area contributed by atoms with Gasteiger partial charge in [0.25, 0.3) is 0 Å². The lowest BCUT2D eigenvalue weighted by atomic mass is 9.75. The summed E-state index contributed by atoms with van der Waals surface area (Å²) in [4.78, 5) is 45.0. The molecule has 1 aromatic carbocycles. The molecule has 3 fully saturated rings. The molecule has 3 aliphatic rings. The van der Waals surface area contributed by atoms with E-state index >= 15 is 0 Å². The molecule has 3 amide bonds. The van der Waals surface area contributed by atoms with E-state index in [4.69, 9.17) is 0 Å². The number of rotatable bonds is 4. The minimum atomic E-state index is -1.30. The summed E-state index contributed by atoms with van der Waals surface area (Å²) in [5.74, 6) is -1.18. The molecule has 0 aromatic heterocycles. The maximum atomic E-state index is 14.0. The second-order valence-electron chi connectivity index (χ2n) is 8.64. The van der Waals surface area contributed by atoms with Crippen LogP contribution in [0.5, 0.6) is 0 Å². The normalized spacial score (nSPS) is 26.6. The fraction of sp³-hybridized carbons (Fsp3) is 0.591. The van der Waals surface area contributed by atoms with Gasteiger partial charge in [-0.25, -0.2) is 4.39 Å². The molecule has 1 atom stereocenters. The molecule has 4 rings (SSSR count). The standard InChI is InChI=1S/C22H28FN3O3/c1-24-9-11-25(12-10-24)19(27)14-22(16-5-4-6-17(23)13-16)15-20(28)26(21(22)29)18-7-2-3-8-18/h4-6,13,18H,2-3,7-12,14-15H2,1H3/t22-/m1/s1. The van der Waals surface area contributed by atoms with Crippen LogP contribution in [0.1, 0.15) is 44.1 Å². The summed E-state index contributed by atoms with van der Waals surface area (Å²) in [6.45, 7) is 2.76. The number of carbonyl (C=O) groups is 3. The van der Waals surface area contributed by atoms with Crippen molar-refractivity contribution in [2.45, 2.75) is 50.0 Å². The van der Waals surface area contributed by atoms with E-state index in [0.717, 1.165) is 38.8 Å². The van der Waals surface area contributed by atoms with Gasteiger partial charge in [0.15, 0.2) is 0 Å². The van der Waals surface area contributed by atoms with Crippen molar-refractivity contribution >= 4 is 17.7 Å². The van der Waals surface area contributed by atoms with Crippen LogP contribution in [0, 0.1) is 5.82 Å². The second-order valence-corrected chi connectivity index (χ2v) is 8.64. The number of halogens is 1. The van der Waals surface area contributed by atoms with E-state index in [-0.39, 0.29) is 36.6 Å². The number of hydrogen-bond acceptors (Lipinski definition) is 4. The van der Waals surface area contributed by atoms with Crippen LogP contribution in [0.2, 0.25) is 0 Å². The number of imide groups is 1. The average molecular weight is 401 g/mol. The minimum absolute atomic E-state index is 0.0642. The Morgan fingerprint density at radius 3 is 2.48 bits per heavy atom. The lowest BCUT2D eigenvalue weighted by Gasteiger charge is -2.35. The largest absolute Gasteiger partial charge is 0.340 e. The Balaban J connectivity index is 1.66. The number of hydrogen-bond donors (Lipinski definition) is 0. The Labute approximate surface area is 170 Å². The first kappa shape index (κ1) is 20.0. The predicted octanol–water partition coefficient (Wildman–Crippen LogP) is 1.93. The number of benzene rings is 1. The molecule has 0 bridgehead atoms. The molecule has 2 aliphatic heterocycles. The highest BCUT2D eigenvalue weighted by Crippen LogP contribution is 2.43. The van der Waals surface area contributed by atoms with E-state index < -0.39 is 11.2 Å². The van der Waals surface area contributed by atoms with E-state index in [1.165, 1.54) is 17.0 Å². The van der Waals surface area contributed by atoms with Crippen molar-refractivity contribution in [2.75, 3.05) is 33.2 Å². The van der Waals surface area contributed by atoms with Gasteiger partial charge < -0.3 is 9.80 Å². The van der Waals surface area contributed by atoms with Crippen LogP contribution in [0.4, 0.5) is 4.39 Å². The van der Waals surface area contributed by atoms with Gasteiger partial charge in [-0.2, -0.15) is 0 Å². The van der Waals surface area contributed by atoms with E-state index in [9.17, 15) is 18.8 Å². The van der Waals surface area contributed by atoms with E-state index in [1.807, 2.05) is 7.05 Å². The summed E-state index contributed by atoms with van der Waals surface area (Å²) < 4.78 is 14.0. The summed E-state index contributed by atoms with van der Waals surface area (Å²) in [5, 5.41) is 0. The number of carbonyl (C=O) groups excluding carboxylic acids is 3. The lowest BCUT2D eigenvalue weighted by molar-refractivity contribution is -0.145.